The van der Waals surface area contributed by atoms with E-state index in [0.717, 1.165) is 5.56 Å². The standard InChI is InChI=1S/C21H21F3N2O3/c1-12(2)26-20(14(4)19(25-26)21(22,23)24)29-17-8-6-16(7-9-17)28-18-10-5-15(27)11-13(18)3/h5-12,27H,1-4H3. The summed E-state index contributed by atoms with van der Waals surface area (Å²) in [6.45, 7) is 6.61. The Balaban J connectivity index is 1.84. The minimum atomic E-state index is -4.55. The molecule has 2 aromatic carbocycles. The van der Waals surface area contributed by atoms with E-state index in [-0.39, 0.29) is 23.2 Å². The highest BCUT2D eigenvalue weighted by Gasteiger charge is 2.38. The van der Waals surface area contributed by atoms with Gasteiger partial charge in [0.15, 0.2) is 5.69 Å². The van der Waals surface area contributed by atoms with Crippen LogP contribution in [0.2, 0.25) is 0 Å². The zero-order valence-electron chi connectivity index (χ0n) is 16.4. The molecule has 29 heavy (non-hydrogen) atoms. The number of halogens is 3. The molecule has 0 aliphatic carbocycles. The molecule has 0 spiro atoms. The molecule has 8 heteroatoms. The number of nitrogens with zero attached hydrogens (tertiary/aromatic N) is 2. The quantitative estimate of drug-likeness (QED) is 0.533. The van der Waals surface area contributed by atoms with Gasteiger partial charge < -0.3 is 14.6 Å². The summed E-state index contributed by atoms with van der Waals surface area (Å²) >= 11 is 0. The molecule has 0 radical (unpaired) electrons. The van der Waals surface area contributed by atoms with E-state index in [1.807, 2.05) is 0 Å². The predicted molar refractivity (Wildman–Crippen MR) is 102 cm³/mol. The number of phenols is 1. The fraction of sp³-hybridized carbons (Fsp3) is 0.286. The Hall–Kier alpha value is -3.16. The van der Waals surface area contributed by atoms with Gasteiger partial charge in [0.1, 0.15) is 23.0 Å². The van der Waals surface area contributed by atoms with Crippen LogP contribution in [0, 0.1) is 13.8 Å². The molecule has 0 saturated heterocycles. The van der Waals surface area contributed by atoms with E-state index >= 15 is 0 Å². The van der Waals surface area contributed by atoms with Crippen molar-refractivity contribution in [2.24, 2.45) is 0 Å². The first kappa shape index (κ1) is 20.6. The maximum atomic E-state index is 13.2. The second-order valence-corrected chi connectivity index (χ2v) is 6.94. The second-order valence-electron chi connectivity index (χ2n) is 6.94. The van der Waals surface area contributed by atoms with Gasteiger partial charge in [-0.1, -0.05) is 0 Å². The molecule has 0 aliphatic heterocycles. The highest BCUT2D eigenvalue weighted by molar-refractivity contribution is 5.43. The Bertz CT molecular complexity index is 1010. The number of benzene rings is 2. The van der Waals surface area contributed by atoms with Crippen molar-refractivity contribution >= 4 is 0 Å². The zero-order chi connectivity index (χ0) is 21.3. The van der Waals surface area contributed by atoms with Crippen LogP contribution in [0.3, 0.4) is 0 Å². The average molecular weight is 406 g/mol. The van der Waals surface area contributed by atoms with Crippen molar-refractivity contribution in [3.8, 4) is 28.9 Å². The minimum Gasteiger partial charge on any atom is -0.508 e. The Morgan fingerprint density at radius 1 is 0.966 bits per heavy atom. The van der Waals surface area contributed by atoms with Crippen molar-refractivity contribution in [1.29, 1.82) is 0 Å². The van der Waals surface area contributed by atoms with Crippen LogP contribution >= 0.6 is 0 Å². The molecule has 5 nitrogen and oxygen atoms in total. The molecule has 0 fully saturated rings. The summed E-state index contributed by atoms with van der Waals surface area (Å²) in [5, 5.41) is 13.2. The smallest absolute Gasteiger partial charge is 0.435 e. The van der Waals surface area contributed by atoms with Crippen LogP contribution in [0.25, 0.3) is 0 Å². The number of aromatic hydroxyl groups is 1. The number of hydrogen-bond acceptors (Lipinski definition) is 4. The van der Waals surface area contributed by atoms with Crippen molar-refractivity contribution < 1.29 is 27.8 Å². The molecule has 0 aliphatic rings. The molecule has 1 heterocycles. The Morgan fingerprint density at radius 2 is 1.55 bits per heavy atom. The van der Waals surface area contributed by atoms with E-state index < -0.39 is 11.9 Å². The van der Waals surface area contributed by atoms with Gasteiger partial charge in [-0.2, -0.15) is 18.3 Å². The third kappa shape index (κ3) is 4.47. The van der Waals surface area contributed by atoms with E-state index in [9.17, 15) is 18.3 Å². The number of rotatable bonds is 5. The molecular formula is C21H21F3N2O3. The Morgan fingerprint density at radius 3 is 2.07 bits per heavy atom. The first-order chi connectivity index (χ1) is 13.6. The van der Waals surface area contributed by atoms with Crippen LogP contribution in [-0.2, 0) is 6.18 Å². The van der Waals surface area contributed by atoms with Gasteiger partial charge in [0.2, 0.25) is 5.88 Å². The number of alkyl halides is 3. The van der Waals surface area contributed by atoms with Crippen LogP contribution < -0.4 is 9.47 Å². The number of aryl methyl sites for hydroxylation is 1. The largest absolute Gasteiger partial charge is 0.508 e. The van der Waals surface area contributed by atoms with Gasteiger partial charge in [0.25, 0.3) is 0 Å². The van der Waals surface area contributed by atoms with Gasteiger partial charge in [0.05, 0.1) is 6.04 Å². The number of ether oxygens (including phenoxy) is 2. The van der Waals surface area contributed by atoms with E-state index in [1.165, 1.54) is 17.7 Å². The summed E-state index contributed by atoms with van der Waals surface area (Å²) in [4.78, 5) is 0. The fourth-order valence-electron chi connectivity index (χ4n) is 2.81. The van der Waals surface area contributed by atoms with Crippen LogP contribution in [0.4, 0.5) is 13.2 Å². The Labute approximate surface area is 166 Å². The highest BCUT2D eigenvalue weighted by Crippen LogP contribution is 2.38. The van der Waals surface area contributed by atoms with Crippen molar-refractivity contribution in [3.63, 3.8) is 0 Å². The summed E-state index contributed by atoms with van der Waals surface area (Å²) in [6.07, 6.45) is -4.55. The maximum Gasteiger partial charge on any atom is 0.435 e. The van der Waals surface area contributed by atoms with E-state index in [4.69, 9.17) is 9.47 Å². The predicted octanol–water partition coefficient (Wildman–Crippen LogP) is 6.39. The SMILES string of the molecule is Cc1cc(O)ccc1Oc1ccc(Oc2c(C)c(C(F)(F)F)nn2C(C)C)cc1. The fourth-order valence-corrected chi connectivity index (χ4v) is 2.81. The molecule has 0 amide bonds. The van der Waals surface area contributed by atoms with E-state index in [0.29, 0.717) is 17.2 Å². The topological polar surface area (TPSA) is 56.5 Å². The van der Waals surface area contributed by atoms with Gasteiger partial charge in [-0.15, -0.1) is 0 Å². The molecule has 1 N–H and O–H groups in total. The molecule has 154 valence electrons. The monoisotopic (exact) mass is 406 g/mol. The van der Waals surface area contributed by atoms with E-state index in [1.54, 1.807) is 57.2 Å². The summed E-state index contributed by atoms with van der Waals surface area (Å²) in [6, 6.07) is 11.0. The Kier molecular flexibility index (Phi) is 5.46. The van der Waals surface area contributed by atoms with Crippen molar-refractivity contribution in [2.75, 3.05) is 0 Å². The average Bonchev–Trinajstić information content (AvgIpc) is 2.96. The third-order valence-corrected chi connectivity index (χ3v) is 4.27. The molecular weight excluding hydrogens is 385 g/mol. The normalized spacial score (nSPS) is 11.7. The van der Waals surface area contributed by atoms with Crippen LogP contribution in [-0.4, -0.2) is 14.9 Å². The molecule has 3 aromatic rings. The van der Waals surface area contributed by atoms with Gasteiger partial charge in [0, 0.05) is 5.56 Å². The zero-order valence-corrected chi connectivity index (χ0v) is 16.4. The number of aromatic nitrogens is 2. The van der Waals surface area contributed by atoms with Gasteiger partial charge >= 0.3 is 6.18 Å². The lowest BCUT2D eigenvalue weighted by Crippen LogP contribution is -2.10. The van der Waals surface area contributed by atoms with Crippen molar-refractivity contribution in [1.82, 2.24) is 9.78 Å². The lowest BCUT2D eigenvalue weighted by Gasteiger charge is -2.13. The third-order valence-electron chi connectivity index (χ3n) is 4.27. The first-order valence-corrected chi connectivity index (χ1v) is 8.98. The molecule has 0 unspecified atom stereocenters. The summed E-state index contributed by atoms with van der Waals surface area (Å²) in [5.74, 6) is 1.67. The number of phenolic OH excluding ortho intramolecular Hbond substituents is 1. The van der Waals surface area contributed by atoms with Crippen LogP contribution in [0.5, 0.6) is 28.9 Å². The van der Waals surface area contributed by atoms with Gasteiger partial charge in [-0.3, -0.25) is 0 Å². The van der Waals surface area contributed by atoms with Gasteiger partial charge in [-0.25, -0.2) is 4.68 Å². The molecule has 1 aromatic heterocycles. The summed E-state index contributed by atoms with van der Waals surface area (Å²) in [7, 11) is 0. The van der Waals surface area contributed by atoms with Crippen LogP contribution in [0.15, 0.2) is 42.5 Å². The summed E-state index contributed by atoms with van der Waals surface area (Å²) in [5.41, 5.74) is -0.253. The molecule has 0 bridgehead atoms. The lowest BCUT2D eigenvalue weighted by atomic mass is 10.2. The van der Waals surface area contributed by atoms with Crippen LogP contribution in [0.1, 0.15) is 36.7 Å². The summed E-state index contributed by atoms with van der Waals surface area (Å²) < 4.78 is 52.3. The van der Waals surface area contributed by atoms with E-state index in [2.05, 4.69) is 5.10 Å². The molecule has 3 rings (SSSR count). The second kappa shape index (κ2) is 7.69. The number of hydrogen-bond donors (Lipinski definition) is 1. The van der Waals surface area contributed by atoms with Gasteiger partial charge in [-0.05, 0) is 75.7 Å². The molecule has 0 atom stereocenters. The first-order valence-electron chi connectivity index (χ1n) is 8.98. The minimum absolute atomic E-state index is 0.0513. The van der Waals surface area contributed by atoms with Crippen molar-refractivity contribution in [3.05, 3.63) is 59.3 Å². The highest BCUT2D eigenvalue weighted by atomic mass is 19.4. The maximum absolute atomic E-state index is 13.2. The lowest BCUT2D eigenvalue weighted by molar-refractivity contribution is -0.142. The molecule has 0 saturated carbocycles. The van der Waals surface area contributed by atoms with Crippen molar-refractivity contribution in [2.45, 2.75) is 39.9 Å².